The van der Waals surface area contributed by atoms with Gasteiger partial charge in [0.15, 0.2) is 0 Å². The van der Waals surface area contributed by atoms with Gasteiger partial charge in [-0.15, -0.1) is 12.4 Å². The normalized spacial score (nSPS) is 11.9. The van der Waals surface area contributed by atoms with Crippen LogP contribution in [-0.4, -0.2) is 0 Å². The molecule has 1 rings (SSSR count). The fraction of sp³-hybridized carbons (Fsp3) is 0.250. The molecule has 2 nitrogen and oxygen atoms in total. The minimum Gasteiger partial charge on any atom is -0.324 e. The number of nitrogens with two attached hydrogens (primary N) is 1. The van der Waals surface area contributed by atoms with E-state index in [2.05, 4.69) is 0 Å². The van der Waals surface area contributed by atoms with Gasteiger partial charge in [0.25, 0.3) is 0 Å². The molecule has 0 amide bonds. The molecule has 0 saturated carbocycles. The molecule has 1 aromatic carbocycles. The van der Waals surface area contributed by atoms with Crippen molar-refractivity contribution in [1.82, 2.24) is 0 Å². The number of hydrogen-bond donors (Lipinski definition) is 2. The number of halogens is 7. The zero-order valence-corrected chi connectivity index (χ0v) is 8.80. The topological polar surface area (TPSA) is 38.0 Å². The Morgan fingerprint density at radius 1 is 0.941 bits per heavy atom. The van der Waals surface area contributed by atoms with Crippen molar-refractivity contribution in [3.05, 3.63) is 29.3 Å². The van der Waals surface area contributed by atoms with E-state index < -0.39 is 29.2 Å². The van der Waals surface area contributed by atoms with Crippen molar-refractivity contribution in [2.45, 2.75) is 12.4 Å². The molecule has 0 atom stereocenters. The van der Waals surface area contributed by atoms with E-state index in [0.29, 0.717) is 18.2 Å². The van der Waals surface area contributed by atoms with Gasteiger partial charge in [0, 0.05) is 0 Å². The summed E-state index contributed by atoms with van der Waals surface area (Å²) in [6.45, 7) is 0. The van der Waals surface area contributed by atoms with E-state index in [4.69, 9.17) is 5.84 Å². The van der Waals surface area contributed by atoms with Crippen molar-refractivity contribution in [2.24, 2.45) is 5.84 Å². The molecule has 17 heavy (non-hydrogen) atoms. The summed E-state index contributed by atoms with van der Waals surface area (Å²) in [5.74, 6) is 4.74. The Bertz CT molecular complexity index is 387. The minimum absolute atomic E-state index is 0. The van der Waals surface area contributed by atoms with E-state index in [1.807, 2.05) is 0 Å². The van der Waals surface area contributed by atoms with Crippen LogP contribution in [-0.2, 0) is 12.4 Å². The lowest BCUT2D eigenvalue weighted by Gasteiger charge is -2.14. The predicted octanol–water partition coefficient (Wildman–Crippen LogP) is 3.43. The summed E-state index contributed by atoms with van der Waals surface area (Å²) in [5.41, 5.74) is -1.67. The van der Waals surface area contributed by atoms with Gasteiger partial charge in [0.1, 0.15) is 0 Å². The van der Waals surface area contributed by atoms with Crippen molar-refractivity contribution >= 4 is 18.1 Å². The van der Waals surface area contributed by atoms with Gasteiger partial charge in [0.05, 0.1) is 16.8 Å². The van der Waals surface area contributed by atoms with Crippen LogP contribution >= 0.6 is 12.4 Å². The first-order valence-electron chi connectivity index (χ1n) is 3.91. The second kappa shape index (κ2) is 5.01. The number of hydrazine groups is 1. The second-order valence-corrected chi connectivity index (χ2v) is 2.90. The third-order valence-electron chi connectivity index (χ3n) is 1.81. The molecule has 3 N–H and O–H groups in total. The summed E-state index contributed by atoms with van der Waals surface area (Å²) in [7, 11) is 0. The lowest BCUT2D eigenvalue weighted by molar-refractivity contribution is -0.140. The van der Waals surface area contributed by atoms with Gasteiger partial charge in [-0.25, -0.2) is 0 Å². The zero-order valence-electron chi connectivity index (χ0n) is 7.99. The van der Waals surface area contributed by atoms with E-state index in [0.717, 1.165) is 0 Å². The van der Waals surface area contributed by atoms with E-state index in [1.54, 1.807) is 5.43 Å². The first kappa shape index (κ1) is 15.9. The summed E-state index contributed by atoms with van der Waals surface area (Å²) in [5, 5.41) is 0. The second-order valence-electron chi connectivity index (χ2n) is 2.90. The molecule has 0 aliphatic rings. The van der Waals surface area contributed by atoms with Crippen LogP contribution in [0.15, 0.2) is 18.2 Å². The van der Waals surface area contributed by atoms with Crippen LogP contribution in [0.4, 0.5) is 32.0 Å². The molecule has 1 aromatic rings. The number of benzene rings is 1. The van der Waals surface area contributed by atoms with E-state index in [1.165, 1.54) is 0 Å². The van der Waals surface area contributed by atoms with Gasteiger partial charge >= 0.3 is 12.4 Å². The maximum absolute atomic E-state index is 12.3. The van der Waals surface area contributed by atoms with Gasteiger partial charge in [-0.05, 0) is 18.2 Å². The number of anilines is 1. The van der Waals surface area contributed by atoms with Gasteiger partial charge < -0.3 is 5.43 Å². The van der Waals surface area contributed by atoms with Crippen LogP contribution in [0.1, 0.15) is 11.1 Å². The Morgan fingerprint density at radius 2 is 1.47 bits per heavy atom. The lowest BCUT2D eigenvalue weighted by Crippen LogP contribution is -2.16. The van der Waals surface area contributed by atoms with Crippen LogP contribution in [0.3, 0.4) is 0 Å². The number of nitrogen functional groups attached to an aromatic ring is 1. The highest BCUT2D eigenvalue weighted by Crippen LogP contribution is 2.38. The molecule has 0 aliphatic carbocycles. The van der Waals surface area contributed by atoms with Crippen LogP contribution in [0.5, 0.6) is 0 Å². The highest BCUT2D eigenvalue weighted by atomic mass is 35.5. The molecule has 0 bridgehead atoms. The standard InChI is InChI=1S/C8H6F6N2.ClH/c9-7(10,11)4-1-2-5(8(12,13)14)6(3-4)16-15;/h1-3,16H,15H2;1H. The zero-order chi connectivity index (χ0) is 12.6. The third kappa shape index (κ3) is 3.67. The van der Waals surface area contributed by atoms with Crippen molar-refractivity contribution in [3.8, 4) is 0 Å². The fourth-order valence-corrected chi connectivity index (χ4v) is 1.09. The Balaban J connectivity index is 0.00000256. The SMILES string of the molecule is Cl.NNc1cc(C(F)(F)F)ccc1C(F)(F)F. The van der Waals surface area contributed by atoms with Crippen LogP contribution in [0, 0.1) is 0 Å². The fourth-order valence-electron chi connectivity index (χ4n) is 1.09. The molecule has 0 fully saturated rings. The minimum atomic E-state index is -4.76. The molecule has 0 unspecified atom stereocenters. The first-order chi connectivity index (χ1) is 7.16. The van der Waals surface area contributed by atoms with Gasteiger partial charge in [-0.1, -0.05) is 0 Å². The molecule has 9 heteroatoms. The van der Waals surface area contributed by atoms with Crippen LogP contribution < -0.4 is 11.3 Å². The van der Waals surface area contributed by atoms with Crippen molar-refractivity contribution in [1.29, 1.82) is 0 Å². The average molecular weight is 281 g/mol. The van der Waals surface area contributed by atoms with E-state index >= 15 is 0 Å². The lowest BCUT2D eigenvalue weighted by atomic mass is 10.1. The predicted molar refractivity (Wildman–Crippen MR) is 51.5 cm³/mol. The van der Waals surface area contributed by atoms with Gasteiger partial charge in [-0.2, -0.15) is 26.3 Å². The highest BCUT2D eigenvalue weighted by Gasteiger charge is 2.36. The molecule has 0 aliphatic heterocycles. The summed E-state index contributed by atoms with van der Waals surface area (Å²) in [4.78, 5) is 0. The molecule has 0 radical (unpaired) electrons. The monoisotopic (exact) mass is 280 g/mol. The number of alkyl halides is 6. The molecule has 0 saturated heterocycles. The average Bonchev–Trinajstić information content (AvgIpc) is 2.14. The highest BCUT2D eigenvalue weighted by molar-refractivity contribution is 5.85. The van der Waals surface area contributed by atoms with E-state index in [9.17, 15) is 26.3 Å². The Labute approximate surface area is 98.2 Å². The summed E-state index contributed by atoms with van der Waals surface area (Å²) < 4.78 is 73.4. The molecule has 0 heterocycles. The van der Waals surface area contributed by atoms with Gasteiger partial charge in [-0.3, -0.25) is 5.84 Å². The molecular formula is C8H7ClF6N2. The largest absolute Gasteiger partial charge is 0.418 e. The number of rotatable bonds is 1. The summed E-state index contributed by atoms with van der Waals surface area (Å²) >= 11 is 0. The smallest absolute Gasteiger partial charge is 0.324 e. The van der Waals surface area contributed by atoms with Crippen molar-refractivity contribution in [3.63, 3.8) is 0 Å². The number of hydrogen-bond acceptors (Lipinski definition) is 2. The maximum atomic E-state index is 12.3. The third-order valence-corrected chi connectivity index (χ3v) is 1.81. The Morgan fingerprint density at radius 3 is 1.82 bits per heavy atom. The molecule has 0 aromatic heterocycles. The Kier molecular flexibility index (Phi) is 4.67. The summed E-state index contributed by atoms with van der Waals surface area (Å²) in [6.07, 6.45) is -9.47. The number of nitrogens with one attached hydrogen (secondary N) is 1. The first-order valence-corrected chi connectivity index (χ1v) is 3.91. The molecular weight excluding hydrogens is 274 g/mol. The van der Waals surface area contributed by atoms with Crippen LogP contribution in [0.25, 0.3) is 0 Å². The van der Waals surface area contributed by atoms with E-state index in [-0.39, 0.29) is 12.4 Å². The van der Waals surface area contributed by atoms with Crippen LogP contribution in [0.2, 0.25) is 0 Å². The van der Waals surface area contributed by atoms with Crippen molar-refractivity contribution in [2.75, 3.05) is 5.43 Å². The molecule has 98 valence electrons. The molecule has 0 spiro atoms. The summed E-state index contributed by atoms with van der Waals surface area (Å²) in [6, 6.07) is 0.991. The Hall–Kier alpha value is -1.15. The quantitative estimate of drug-likeness (QED) is 0.470. The van der Waals surface area contributed by atoms with Gasteiger partial charge in [0.2, 0.25) is 0 Å². The van der Waals surface area contributed by atoms with Crippen molar-refractivity contribution < 1.29 is 26.3 Å². The maximum Gasteiger partial charge on any atom is 0.418 e.